The first kappa shape index (κ1) is 15.5. The van der Waals surface area contributed by atoms with E-state index in [1.54, 1.807) is 4.90 Å². The number of carboxylic acid groups (broad SMARTS) is 1. The number of aromatic nitrogens is 1. The molecule has 2 amide bonds. The van der Waals surface area contributed by atoms with E-state index in [-0.39, 0.29) is 29.2 Å². The molecule has 0 saturated carbocycles. The predicted octanol–water partition coefficient (Wildman–Crippen LogP) is 1.01. The van der Waals surface area contributed by atoms with Gasteiger partial charge < -0.3 is 14.9 Å². The van der Waals surface area contributed by atoms with Crippen LogP contribution in [0.25, 0.3) is 0 Å². The number of carboxylic acids is 1. The van der Waals surface area contributed by atoms with Crippen molar-refractivity contribution < 1.29 is 19.5 Å². The summed E-state index contributed by atoms with van der Waals surface area (Å²) in [6.07, 6.45) is 3.07. The Kier molecular flexibility index (Phi) is 4.27. The topological polar surface area (TPSA) is 90.8 Å². The van der Waals surface area contributed by atoms with E-state index in [0.717, 1.165) is 25.8 Å². The second-order valence-electron chi connectivity index (χ2n) is 5.93. The van der Waals surface area contributed by atoms with Gasteiger partial charge >= 0.3 is 5.97 Å². The van der Waals surface area contributed by atoms with Gasteiger partial charge in [0.15, 0.2) is 0 Å². The molecule has 1 N–H and O–H groups in total. The molecule has 23 heavy (non-hydrogen) atoms. The van der Waals surface area contributed by atoms with Gasteiger partial charge in [-0.2, -0.15) is 0 Å². The first-order chi connectivity index (χ1) is 11.1. The lowest BCUT2D eigenvalue weighted by Gasteiger charge is -2.36. The molecule has 0 radical (unpaired) electrons. The molecule has 7 heteroatoms. The van der Waals surface area contributed by atoms with Crippen molar-refractivity contribution in [2.45, 2.75) is 31.7 Å². The number of carbonyl (C=O) groups excluding carboxylic acids is 2. The first-order valence-electron chi connectivity index (χ1n) is 7.85. The van der Waals surface area contributed by atoms with Gasteiger partial charge in [-0.05, 0) is 31.4 Å². The Labute approximate surface area is 133 Å². The van der Waals surface area contributed by atoms with Crippen LogP contribution in [-0.2, 0) is 4.79 Å². The number of hydrogen-bond acceptors (Lipinski definition) is 4. The van der Waals surface area contributed by atoms with Gasteiger partial charge in [0.25, 0.3) is 5.91 Å². The molecule has 0 spiro atoms. The molecule has 0 bridgehead atoms. The molecule has 1 aromatic rings. The summed E-state index contributed by atoms with van der Waals surface area (Å²) in [6, 6.07) is 4.64. The van der Waals surface area contributed by atoms with Crippen LogP contribution >= 0.6 is 0 Å². The van der Waals surface area contributed by atoms with Crippen molar-refractivity contribution in [3.63, 3.8) is 0 Å². The Morgan fingerprint density at radius 1 is 1.13 bits per heavy atom. The zero-order valence-corrected chi connectivity index (χ0v) is 12.8. The van der Waals surface area contributed by atoms with Crippen molar-refractivity contribution in [1.82, 2.24) is 14.8 Å². The Bertz CT molecular complexity index is 638. The van der Waals surface area contributed by atoms with Gasteiger partial charge in [0.1, 0.15) is 11.4 Å². The number of rotatable bonds is 3. The molecule has 122 valence electrons. The summed E-state index contributed by atoms with van der Waals surface area (Å²) in [5.74, 6) is -1.18. The molecule has 2 saturated heterocycles. The number of amides is 2. The van der Waals surface area contributed by atoms with Crippen LogP contribution in [0.2, 0.25) is 0 Å². The van der Waals surface area contributed by atoms with Gasteiger partial charge in [-0.3, -0.25) is 9.59 Å². The maximum atomic E-state index is 12.5. The molecule has 3 rings (SSSR count). The van der Waals surface area contributed by atoms with Crippen LogP contribution in [0.3, 0.4) is 0 Å². The van der Waals surface area contributed by atoms with Crippen LogP contribution < -0.4 is 0 Å². The molecule has 2 aliphatic rings. The van der Waals surface area contributed by atoms with E-state index in [1.165, 1.54) is 18.2 Å². The van der Waals surface area contributed by atoms with Crippen molar-refractivity contribution in [2.75, 3.05) is 19.6 Å². The average Bonchev–Trinajstić information content (AvgIpc) is 3.00. The van der Waals surface area contributed by atoms with Gasteiger partial charge in [0, 0.05) is 32.1 Å². The number of nitrogens with zero attached hydrogens (tertiary/aromatic N) is 3. The minimum atomic E-state index is -1.15. The summed E-state index contributed by atoms with van der Waals surface area (Å²) in [4.78, 5) is 42.7. The molecule has 1 aromatic heterocycles. The van der Waals surface area contributed by atoms with E-state index in [0.29, 0.717) is 19.5 Å². The van der Waals surface area contributed by atoms with Crippen molar-refractivity contribution >= 4 is 17.8 Å². The van der Waals surface area contributed by atoms with Gasteiger partial charge in [-0.25, -0.2) is 9.78 Å². The summed E-state index contributed by atoms with van der Waals surface area (Å²) in [5, 5.41) is 8.96. The van der Waals surface area contributed by atoms with Gasteiger partial charge in [-0.15, -0.1) is 0 Å². The molecular weight excluding hydrogens is 298 g/mol. The van der Waals surface area contributed by atoms with Gasteiger partial charge in [0.05, 0.1) is 0 Å². The maximum Gasteiger partial charge on any atom is 0.354 e. The fraction of sp³-hybridized carbons (Fsp3) is 0.500. The lowest BCUT2D eigenvalue weighted by Crippen LogP contribution is -2.47. The maximum absolute atomic E-state index is 12.5. The summed E-state index contributed by atoms with van der Waals surface area (Å²) in [7, 11) is 0. The molecular formula is C16H19N3O4. The third-order valence-electron chi connectivity index (χ3n) is 4.49. The lowest BCUT2D eigenvalue weighted by atomic mass is 10.0. The van der Waals surface area contributed by atoms with E-state index in [2.05, 4.69) is 4.98 Å². The number of carbonyl (C=O) groups is 3. The summed E-state index contributed by atoms with van der Waals surface area (Å²) >= 11 is 0. The highest BCUT2D eigenvalue weighted by atomic mass is 16.4. The van der Waals surface area contributed by atoms with Gasteiger partial charge in [-0.1, -0.05) is 6.07 Å². The predicted molar refractivity (Wildman–Crippen MR) is 81.1 cm³/mol. The smallest absolute Gasteiger partial charge is 0.354 e. The highest BCUT2D eigenvalue weighted by Gasteiger charge is 2.32. The largest absolute Gasteiger partial charge is 0.477 e. The monoisotopic (exact) mass is 317 g/mol. The van der Waals surface area contributed by atoms with Crippen LogP contribution in [0.1, 0.15) is 46.7 Å². The van der Waals surface area contributed by atoms with Crippen molar-refractivity contribution in [3.05, 3.63) is 29.6 Å². The molecule has 2 aliphatic heterocycles. The van der Waals surface area contributed by atoms with E-state index in [9.17, 15) is 14.4 Å². The SMILES string of the molecule is O=C(O)c1cccc(C(=O)N2CCC(N3CCCC3=O)CC2)n1. The molecule has 0 atom stereocenters. The van der Waals surface area contributed by atoms with Crippen LogP contribution in [0.4, 0.5) is 0 Å². The van der Waals surface area contributed by atoms with Crippen LogP contribution in [0.5, 0.6) is 0 Å². The fourth-order valence-electron chi connectivity index (χ4n) is 3.27. The van der Waals surface area contributed by atoms with Crippen LogP contribution in [0.15, 0.2) is 18.2 Å². The minimum Gasteiger partial charge on any atom is -0.477 e. The minimum absolute atomic E-state index is 0.131. The number of piperidine rings is 1. The summed E-state index contributed by atoms with van der Waals surface area (Å²) in [6.45, 7) is 1.94. The second-order valence-corrected chi connectivity index (χ2v) is 5.93. The molecule has 7 nitrogen and oxygen atoms in total. The molecule has 0 aliphatic carbocycles. The van der Waals surface area contributed by atoms with Crippen molar-refractivity contribution in [2.24, 2.45) is 0 Å². The Balaban J connectivity index is 1.63. The number of pyridine rings is 1. The van der Waals surface area contributed by atoms with Gasteiger partial charge in [0.2, 0.25) is 5.91 Å². The van der Waals surface area contributed by atoms with Crippen LogP contribution in [0, 0.1) is 0 Å². The average molecular weight is 317 g/mol. The Hall–Kier alpha value is -2.44. The summed E-state index contributed by atoms with van der Waals surface area (Å²) < 4.78 is 0. The molecule has 0 unspecified atom stereocenters. The van der Waals surface area contributed by atoms with E-state index in [4.69, 9.17) is 5.11 Å². The van der Waals surface area contributed by atoms with E-state index < -0.39 is 5.97 Å². The number of hydrogen-bond donors (Lipinski definition) is 1. The number of aromatic carboxylic acids is 1. The zero-order valence-electron chi connectivity index (χ0n) is 12.8. The van der Waals surface area contributed by atoms with Crippen LogP contribution in [-0.4, -0.2) is 63.4 Å². The van der Waals surface area contributed by atoms with Crippen molar-refractivity contribution in [1.29, 1.82) is 0 Å². The standard InChI is InChI=1S/C16H19N3O4/c20-14-5-2-8-19(14)11-6-9-18(10-7-11)15(21)12-3-1-4-13(17-12)16(22)23/h1,3-4,11H,2,5-10H2,(H,22,23). The molecule has 0 aromatic carbocycles. The molecule has 2 fully saturated rings. The normalized spacial score (nSPS) is 19.2. The fourth-order valence-corrected chi connectivity index (χ4v) is 3.27. The second kappa shape index (κ2) is 6.36. The Morgan fingerprint density at radius 3 is 2.43 bits per heavy atom. The molecule has 3 heterocycles. The highest BCUT2D eigenvalue weighted by molar-refractivity contribution is 5.94. The van der Waals surface area contributed by atoms with Crippen molar-refractivity contribution in [3.8, 4) is 0 Å². The highest BCUT2D eigenvalue weighted by Crippen LogP contribution is 2.22. The van der Waals surface area contributed by atoms with E-state index >= 15 is 0 Å². The van der Waals surface area contributed by atoms with E-state index in [1.807, 2.05) is 4.90 Å². The first-order valence-corrected chi connectivity index (χ1v) is 7.85. The zero-order chi connectivity index (χ0) is 16.4. The third-order valence-corrected chi connectivity index (χ3v) is 4.49. The Morgan fingerprint density at radius 2 is 1.83 bits per heavy atom. The summed E-state index contributed by atoms with van der Waals surface area (Å²) in [5.41, 5.74) is 0.0222. The third kappa shape index (κ3) is 3.18. The number of likely N-dealkylation sites (tertiary alicyclic amines) is 2. The lowest BCUT2D eigenvalue weighted by molar-refractivity contribution is -0.130. The quantitative estimate of drug-likeness (QED) is 0.898.